The first-order valence-corrected chi connectivity index (χ1v) is 4.59. The molecule has 0 aliphatic heterocycles. The van der Waals surface area contributed by atoms with E-state index in [-0.39, 0.29) is 30.3 Å². The molecule has 5 heteroatoms. The maximum absolute atomic E-state index is 11.4. The number of hydrogen-bond donors (Lipinski definition) is 0. The molecule has 0 amide bonds. The molecule has 0 saturated heterocycles. The Morgan fingerprint density at radius 3 is 2.44 bits per heavy atom. The Hall–Kier alpha value is -1.55. The van der Waals surface area contributed by atoms with Crippen LogP contribution < -0.4 is 4.74 Å². The van der Waals surface area contributed by atoms with Gasteiger partial charge in [0.15, 0.2) is 0 Å². The number of para-hydroxylation sites is 1. The number of hydrogen-bond acceptors (Lipinski definition) is 4. The van der Waals surface area contributed by atoms with E-state index in [9.17, 15) is 9.59 Å². The van der Waals surface area contributed by atoms with Gasteiger partial charge in [-0.15, -0.1) is 12.4 Å². The zero-order valence-electron chi connectivity index (χ0n) is 9.06. The Kier molecular flexibility index (Phi) is 6.18. The average molecular weight is 245 g/mol. The van der Waals surface area contributed by atoms with Crippen molar-refractivity contribution < 1.29 is 19.1 Å². The summed E-state index contributed by atoms with van der Waals surface area (Å²) in [6.45, 7) is 3.28. The molecule has 1 aromatic rings. The zero-order chi connectivity index (χ0) is 11.3. The van der Waals surface area contributed by atoms with E-state index in [0.29, 0.717) is 0 Å². The summed E-state index contributed by atoms with van der Waals surface area (Å²) in [6.07, 6.45) is 0. The fraction of sp³-hybridized carbons (Fsp3) is 0.273. The van der Waals surface area contributed by atoms with Crippen molar-refractivity contribution in [3.8, 4) is 5.75 Å². The molecular weight excluding hydrogens is 232 g/mol. The fourth-order valence-corrected chi connectivity index (χ4v) is 1.09. The van der Waals surface area contributed by atoms with Crippen molar-refractivity contribution in [3.05, 3.63) is 29.8 Å². The van der Waals surface area contributed by atoms with Crippen LogP contribution in [0.25, 0.3) is 0 Å². The number of rotatable bonds is 3. The Morgan fingerprint density at radius 1 is 1.25 bits per heavy atom. The maximum atomic E-state index is 11.4. The van der Waals surface area contributed by atoms with Crippen LogP contribution in [0.2, 0.25) is 0 Å². The SMILES string of the molecule is CCOC(=O)c1ccccc1OC(C)=O.Cl. The highest BCUT2D eigenvalue weighted by Crippen LogP contribution is 2.18. The third kappa shape index (κ3) is 3.90. The first-order chi connectivity index (χ1) is 7.15. The fourth-order valence-electron chi connectivity index (χ4n) is 1.09. The topological polar surface area (TPSA) is 52.6 Å². The largest absolute Gasteiger partial charge is 0.462 e. The lowest BCUT2D eigenvalue weighted by atomic mass is 10.2. The van der Waals surface area contributed by atoms with Crippen molar-refractivity contribution in [2.75, 3.05) is 6.61 Å². The molecule has 1 rings (SSSR count). The van der Waals surface area contributed by atoms with E-state index in [1.54, 1.807) is 31.2 Å². The van der Waals surface area contributed by atoms with Gasteiger partial charge in [-0.25, -0.2) is 4.79 Å². The van der Waals surface area contributed by atoms with Crippen LogP contribution in [0.5, 0.6) is 5.75 Å². The van der Waals surface area contributed by atoms with Gasteiger partial charge in [0.25, 0.3) is 0 Å². The Labute approximate surface area is 100.0 Å². The predicted octanol–water partition coefficient (Wildman–Crippen LogP) is 2.21. The summed E-state index contributed by atoms with van der Waals surface area (Å²) in [7, 11) is 0. The summed E-state index contributed by atoms with van der Waals surface area (Å²) in [6, 6.07) is 6.46. The highest BCUT2D eigenvalue weighted by molar-refractivity contribution is 5.93. The number of esters is 2. The van der Waals surface area contributed by atoms with E-state index in [1.807, 2.05) is 0 Å². The minimum Gasteiger partial charge on any atom is -0.462 e. The van der Waals surface area contributed by atoms with Crippen LogP contribution in [-0.2, 0) is 9.53 Å². The van der Waals surface area contributed by atoms with Crippen LogP contribution in [0, 0.1) is 0 Å². The Morgan fingerprint density at radius 2 is 1.88 bits per heavy atom. The second-order valence-electron chi connectivity index (χ2n) is 2.81. The number of carbonyl (C=O) groups excluding carboxylic acids is 2. The highest BCUT2D eigenvalue weighted by atomic mass is 35.5. The first-order valence-electron chi connectivity index (χ1n) is 4.59. The van der Waals surface area contributed by atoms with Gasteiger partial charge in [-0.1, -0.05) is 12.1 Å². The van der Waals surface area contributed by atoms with Gasteiger partial charge in [0.05, 0.1) is 6.61 Å². The molecule has 0 radical (unpaired) electrons. The van der Waals surface area contributed by atoms with Gasteiger partial charge in [0, 0.05) is 6.92 Å². The van der Waals surface area contributed by atoms with E-state index in [0.717, 1.165) is 0 Å². The van der Waals surface area contributed by atoms with Crippen molar-refractivity contribution in [3.63, 3.8) is 0 Å². The standard InChI is InChI=1S/C11H12O4.ClH/c1-3-14-11(13)9-6-4-5-7-10(9)15-8(2)12;/h4-7H,3H2,1-2H3;1H. The van der Waals surface area contributed by atoms with Crippen LogP contribution in [0.4, 0.5) is 0 Å². The van der Waals surface area contributed by atoms with E-state index in [2.05, 4.69) is 0 Å². The third-order valence-corrected chi connectivity index (χ3v) is 1.64. The molecule has 0 N–H and O–H groups in total. The maximum Gasteiger partial charge on any atom is 0.341 e. The summed E-state index contributed by atoms with van der Waals surface area (Å²) in [5.74, 6) is -0.732. The summed E-state index contributed by atoms with van der Waals surface area (Å²) in [5, 5.41) is 0. The number of carbonyl (C=O) groups is 2. The van der Waals surface area contributed by atoms with Crippen LogP contribution in [0.3, 0.4) is 0 Å². The van der Waals surface area contributed by atoms with Crippen LogP contribution in [0.15, 0.2) is 24.3 Å². The minimum absolute atomic E-state index is 0. The van der Waals surface area contributed by atoms with E-state index < -0.39 is 11.9 Å². The number of ether oxygens (including phenoxy) is 2. The van der Waals surface area contributed by atoms with E-state index in [4.69, 9.17) is 9.47 Å². The monoisotopic (exact) mass is 244 g/mol. The normalized spacial score (nSPS) is 8.88. The summed E-state index contributed by atoms with van der Waals surface area (Å²) in [4.78, 5) is 22.2. The third-order valence-electron chi connectivity index (χ3n) is 1.64. The van der Waals surface area contributed by atoms with Crippen LogP contribution >= 0.6 is 12.4 Å². The van der Waals surface area contributed by atoms with Crippen LogP contribution in [0.1, 0.15) is 24.2 Å². The molecule has 0 atom stereocenters. The van der Waals surface area contributed by atoms with Gasteiger partial charge in [-0.3, -0.25) is 4.79 Å². The molecule has 0 bridgehead atoms. The molecule has 0 aromatic heterocycles. The lowest BCUT2D eigenvalue weighted by molar-refractivity contribution is -0.131. The van der Waals surface area contributed by atoms with Crippen LogP contribution in [-0.4, -0.2) is 18.5 Å². The lowest BCUT2D eigenvalue weighted by Crippen LogP contribution is -2.10. The van der Waals surface area contributed by atoms with Gasteiger partial charge in [0.1, 0.15) is 11.3 Å². The molecule has 0 aliphatic carbocycles. The van der Waals surface area contributed by atoms with Gasteiger partial charge in [0.2, 0.25) is 0 Å². The van der Waals surface area contributed by atoms with Gasteiger partial charge < -0.3 is 9.47 Å². The molecule has 88 valence electrons. The smallest absolute Gasteiger partial charge is 0.341 e. The summed E-state index contributed by atoms with van der Waals surface area (Å²) >= 11 is 0. The Balaban J connectivity index is 0.00000225. The molecular formula is C11H13ClO4. The molecule has 0 fully saturated rings. The van der Waals surface area contributed by atoms with Crippen molar-refractivity contribution in [1.29, 1.82) is 0 Å². The Bertz CT molecular complexity index is 376. The van der Waals surface area contributed by atoms with E-state index >= 15 is 0 Å². The first kappa shape index (κ1) is 14.5. The molecule has 0 spiro atoms. The van der Waals surface area contributed by atoms with Gasteiger partial charge >= 0.3 is 11.9 Å². The van der Waals surface area contributed by atoms with Crippen molar-refractivity contribution >= 4 is 24.3 Å². The molecule has 0 saturated carbocycles. The predicted molar refractivity (Wildman–Crippen MR) is 61.0 cm³/mol. The lowest BCUT2D eigenvalue weighted by Gasteiger charge is -2.07. The average Bonchev–Trinajstić information content (AvgIpc) is 2.18. The molecule has 16 heavy (non-hydrogen) atoms. The summed E-state index contributed by atoms with van der Waals surface area (Å²) in [5.41, 5.74) is 0.259. The van der Waals surface area contributed by atoms with Crippen molar-refractivity contribution in [1.82, 2.24) is 0 Å². The quantitative estimate of drug-likeness (QED) is 0.604. The minimum atomic E-state index is -0.491. The molecule has 0 unspecified atom stereocenters. The van der Waals surface area contributed by atoms with Crippen molar-refractivity contribution in [2.45, 2.75) is 13.8 Å². The highest BCUT2D eigenvalue weighted by Gasteiger charge is 2.13. The van der Waals surface area contributed by atoms with Gasteiger partial charge in [-0.05, 0) is 19.1 Å². The zero-order valence-corrected chi connectivity index (χ0v) is 9.87. The summed E-state index contributed by atoms with van der Waals surface area (Å²) < 4.78 is 9.69. The second-order valence-corrected chi connectivity index (χ2v) is 2.81. The molecule has 0 heterocycles. The molecule has 4 nitrogen and oxygen atoms in total. The molecule has 0 aliphatic rings. The van der Waals surface area contributed by atoms with E-state index in [1.165, 1.54) is 6.92 Å². The molecule has 1 aromatic carbocycles. The second kappa shape index (κ2) is 6.85. The van der Waals surface area contributed by atoms with Crippen molar-refractivity contribution in [2.24, 2.45) is 0 Å². The number of benzene rings is 1. The number of halogens is 1. The van der Waals surface area contributed by atoms with Gasteiger partial charge in [-0.2, -0.15) is 0 Å².